The van der Waals surface area contributed by atoms with Gasteiger partial charge in [-0.1, -0.05) is 0 Å². The van der Waals surface area contributed by atoms with Crippen molar-refractivity contribution < 1.29 is 0 Å². The van der Waals surface area contributed by atoms with Crippen molar-refractivity contribution in [2.75, 3.05) is 46.3 Å². The molecule has 1 atom stereocenters. The Kier molecular flexibility index (Phi) is 3.57. The van der Waals surface area contributed by atoms with Crippen LogP contribution in [0.2, 0.25) is 0 Å². The van der Waals surface area contributed by atoms with Gasteiger partial charge in [0.25, 0.3) is 0 Å². The molecule has 0 amide bonds. The molecule has 2 heterocycles. The van der Waals surface area contributed by atoms with Crippen molar-refractivity contribution in [2.45, 2.75) is 38.8 Å². The van der Waals surface area contributed by atoms with Crippen LogP contribution in [0.4, 0.5) is 0 Å². The van der Waals surface area contributed by atoms with Crippen molar-refractivity contribution in [1.29, 1.82) is 0 Å². The molecule has 0 radical (unpaired) electrons. The fourth-order valence-electron chi connectivity index (χ4n) is 2.84. The zero-order valence-electron chi connectivity index (χ0n) is 11.4. The molecular formula is C13H27N3. The summed E-state index contributed by atoms with van der Waals surface area (Å²) in [6.45, 7) is 14.6. The van der Waals surface area contributed by atoms with Gasteiger partial charge in [0.1, 0.15) is 0 Å². The molecule has 0 bridgehead atoms. The summed E-state index contributed by atoms with van der Waals surface area (Å²) in [6.07, 6.45) is 1.36. The Balaban J connectivity index is 1.84. The molecule has 2 aliphatic heterocycles. The van der Waals surface area contributed by atoms with Crippen LogP contribution in [0.25, 0.3) is 0 Å². The molecule has 0 saturated carbocycles. The summed E-state index contributed by atoms with van der Waals surface area (Å²) in [6, 6.07) is 0.813. The number of hydrogen-bond acceptors (Lipinski definition) is 3. The molecule has 3 nitrogen and oxygen atoms in total. The molecule has 3 heteroatoms. The fourth-order valence-corrected chi connectivity index (χ4v) is 2.84. The Morgan fingerprint density at radius 1 is 0.938 bits per heavy atom. The van der Waals surface area contributed by atoms with E-state index in [9.17, 15) is 0 Å². The number of piperazine rings is 1. The first kappa shape index (κ1) is 12.3. The summed E-state index contributed by atoms with van der Waals surface area (Å²) in [4.78, 5) is 7.77. The highest BCUT2D eigenvalue weighted by atomic mass is 15.3. The first-order valence-corrected chi connectivity index (χ1v) is 6.64. The second-order valence-corrected chi connectivity index (χ2v) is 6.40. The van der Waals surface area contributed by atoms with Gasteiger partial charge in [-0.05, 0) is 34.2 Å². The van der Waals surface area contributed by atoms with Crippen LogP contribution in [-0.4, -0.2) is 72.6 Å². The molecule has 0 aromatic rings. The Hall–Kier alpha value is -0.120. The minimum Gasteiger partial charge on any atom is -0.304 e. The molecule has 0 spiro atoms. The summed E-state index contributed by atoms with van der Waals surface area (Å²) < 4.78 is 0. The largest absolute Gasteiger partial charge is 0.304 e. The third-order valence-corrected chi connectivity index (χ3v) is 4.17. The SMILES string of the molecule is CN1CCN(C2CCN(C(C)(C)C)C2)CC1. The average Bonchev–Trinajstić information content (AvgIpc) is 2.67. The van der Waals surface area contributed by atoms with Crippen LogP contribution in [0.3, 0.4) is 0 Å². The topological polar surface area (TPSA) is 9.72 Å². The maximum absolute atomic E-state index is 2.70. The maximum Gasteiger partial charge on any atom is 0.0236 e. The predicted molar refractivity (Wildman–Crippen MR) is 68.8 cm³/mol. The highest BCUT2D eigenvalue weighted by Gasteiger charge is 2.33. The molecular weight excluding hydrogens is 198 g/mol. The average molecular weight is 225 g/mol. The predicted octanol–water partition coefficient (Wildman–Crippen LogP) is 1.11. The Labute approximate surface area is 100 Å². The Bertz CT molecular complexity index is 226. The number of nitrogens with zero attached hydrogens (tertiary/aromatic N) is 3. The molecule has 2 fully saturated rings. The van der Waals surface area contributed by atoms with E-state index in [0.717, 1.165) is 6.04 Å². The van der Waals surface area contributed by atoms with Crippen LogP contribution in [0.1, 0.15) is 27.2 Å². The van der Waals surface area contributed by atoms with E-state index in [-0.39, 0.29) is 0 Å². The lowest BCUT2D eigenvalue weighted by atomic mass is 10.1. The highest BCUT2D eigenvalue weighted by molar-refractivity contribution is 4.90. The van der Waals surface area contributed by atoms with Crippen LogP contribution in [0, 0.1) is 0 Å². The second kappa shape index (κ2) is 4.63. The number of likely N-dealkylation sites (tertiary alicyclic amines) is 1. The van der Waals surface area contributed by atoms with Gasteiger partial charge in [-0.2, -0.15) is 0 Å². The molecule has 16 heavy (non-hydrogen) atoms. The van der Waals surface area contributed by atoms with Crippen LogP contribution < -0.4 is 0 Å². The second-order valence-electron chi connectivity index (χ2n) is 6.40. The maximum atomic E-state index is 2.70. The minimum atomic E-state index is 0.349. The van der Waals surface area contributed by atoms with E-state index in [4.69, 9.17) is 0 Å². The lowest BCUT2D eigenvalue weighted by Gasteiger charge is -2.37. The molecule has 0 N–H and O–H groups in total. The molecule has 2 aliphatic rings. The van der Waals surface area contributed by atoms with Gasteiger partial charge in [-0.3, -0.25) is 9.80 Å². The zero-order valence-corrected chi connectivity index (χ0v) is 11.4. The normalized spacial score (nSPS) is 31.1. The van der Waals surface area contributed by atoms with Crippen molar-refractivity contribution in [1.82, 2.24) is 14.7 Å². The summed E-state index contributed by atoms with van der Waals surface area (Å²) >= 11 is 0. The third kappa shape index (κ3) is 2.76. The van der Waals surface area contributed by atoms with Crippen molar-refractivity contribution in [3.05, 3.63) is 0 Å². The van der Waals surface area contributed by atoms with Gasteiger partial charge in [-0.25, -0.2) is 0 Å². The van der Waals surface area contributed by atoms with Crippen LogP contribution >= 0.6 is 0 Å². The molecule has 94 valence electrons. The number of hydrogen-bond donors (Lipinski definition) is 0. The zero-order chi connectivity index (χ0) is 11.8. The monoisotopic (exact) mass is 225 g/mol. The Morgan fingerprint density at radius 3 is 2.06 bits per heavy atom. The first-order valence-electron chi connectivity index (χ1n) is 6.64. The third-order valence-electron chi connectivity index (χ3n) is 4.17. The Morgan fingerprint density at radius 2 is 1.56 bits per heavy atom. The van der Waals surface area contributed by atoms with Gasteiger partial charge < -0.3 is 4.90 Å². The fraction of sp³-hybridized carbons (Fsp3) is 1.00. The molecule has 1 unspecified atom stereocenters. The molecule has 0 aromatic heterocycles. The summed E-state index contributed by atoms with van der Waals surface area (Å²) in [5.74, 6) is 0. The van der Waals surface area contributed by atoms with Crippen LogP contribution in [-0.2, 0) is 0 Å². The van der Waals surface area contributed by atoms with E-state index in [1.54, 1.807) is 0 Å². The van der Waals surface area contributed by atoms with Gasteiger partial charge in [0.15, 0.2) is 0 Å². The van der Waals surface area contributed by atoms with Crippen molar-refractivity contribution in [3.8, 4) is 0 Å². The smallest absolute Gasteiger partial charge is 0.0236 e. The molecule has 0 aliphatic carbocycles. The van der Waals surface area contributed by atoms with E-state index in [1.807, 2.05) is 0 Å². The van der Waals surface area contributed by atoms with Crippen molar-refractivity contribution >= 4 is 0 Å². The standard InChI is InChI=1S/C13H27N3/c1-13(2,3)16-6-5-12(11-16)15-9-7-14(4)8-10-15/h12H,5-11H2,1-4H3. The van der Waals surface area contributed by atoms with Gasteiger partial charge in [-0.15, -0.1) is 0 Å². The van der Waals surface area contributed by atoms with Gasteiger partial charge in [0, 0.05) is 50.8 Å². The van der Waals surface area contributed by atoms with Crippen molar-refractivity contribution in [2.24, 2.45) is 0 Å². The highest BCUT2D eigenvalue weighted by Crippen LogP contribution is 2.24. The van der Waals surface area contributed by atoms with Gasteiger partial charge in [0.05, 0.1) is 0 Å². The van der Waals surface area contributed by atoms with E-state index in [0.29, 0.717) is 5.54 Å². The van der Waals surface area contributed by atoms with Crippen molar-refractivity contribution in [3.63, 3.8) is 0 Å². The van der Waals surface area contributed by atoms with E-state index in [2.05, 4.69) is 42.5 Å². The molecule has 2 rings (SSSR count). The summed E-state index contributed by atoms with van der Waals surface area (Å²) in [5, 5.41) is 0. The first-order chi connectivity index (χ1) is 7.47. The number of rotatable bonds is 1. The lowest BCUT2D eigenvalue weighted by Crippen LogP contribution is -2.50. The van der Waals surface area contributed by atoms with E-state index < -0.39 is 0 Å². The lowest BCUT2D eigenvalue weighted by molar-refractivity contribution is 0.100. The minimum absolute atomic E-state index is 0.349. The van der Waals surface area contributed by atoms with E-state index in [1.165, 1.54) is 45.7 Å². The van der Waals surface area contributed by atoms with Gasteiger partial charge in [0.2, 0.25) is 0 Å². The van der Waals surface area contributed by atoms with Crippen LogP contribution in [0.5, 0.6) is 0 Å². The molecule has 0 aromatic carbocycles. The van der Waals surface area contributed by atoms with E-state index >= 15 is 0 Å². The summed E-state index contributed by atoms with van der Waals surface area (Å²) in [7, 11) is 2.23. The number of likely N-dealkylation sites (N-methyl/N-ethyl adjacent to an activating group) is 1. The molecule has 2 saturated heterocycles. The summed E-state index contributed by atoms with van der Waals surface area (Å²) in [5.41, 5.74) is 0.349. The van der Waals surface area contributed by atoms with Crippen LogP contribution in [0.15, 0.2) is 0 Å². The van der Waals surface area contributed by atoms with Gasteiger partial charge >= 0.3 is 0 Å². The quantitative estimate of drug-likeness (QED) is 0.662.